The van der Waals surface area contributed by atoms with E-state index in [2.05, 4.69) is 19.2 Å². The van der Waals surface area contributed by atoms with Gasteiger partial charge in [0.15, 0.2) is 0 Å². The zero-order valence-corrected chi connectivity index (χ0v) is 10.7. The van der Waals surface area contributed by atoms with E-state index in [0.717, 1.165) is 24.3 Å². The Hall–Kier alpha value is -0.220. The lowest BCUT2D eigenvalue weighted by Gasteiger charge is -2.30. The van der Waals surface area contributed by atoms with Crippen molar-refractivity contribution >= 4 is 17.7 Å². The Kier molecular flexibility index (Phi) is 4.93. The van der Waals surface area contributed by atoms with Crippen LogP contribution in [0.4, 0.5) is 0 Å². The average Bonchev–Trinajstić information content (AvgIpc) is 2.68. The number of rotatable bonds is 5. The Labute approximate surface area is 96.3 Å². The summed E-state index contributed by atoms with van der Waals surface area (Å²) in [6.07, 6.45) is 1.92. The van der Waals surface area contributed by atoms with Gasteiger partial charge in [0.05, 0.1) is 6.61 Å². The molecule has 1 rings (SSSR count). The molecule has 0 radical (unpaired) electrons. The van der Waals surface area contributed by atoms with Crippen molar-refractivity contribution in [1.29, 1.82) is 0 Å². The molecule has 1 heterocycles. The molecule has 0 bridgehead atoms. The zero-order chi connectivity index (χ0) is 11.3. The normalized spacial score (nSPS) is 27.7. The van der Waals surface area contributed by atoms with Gasteiger partial charge in [-0.3, -0.25) is 10.1 Å². The van der Waals surface area contributed by atoms with E-state index in [0.29, 0.717) is 12.6 Å². The number of ether oxygens (including phenoxy) is 1. The van der Waals surface area contributed by atoms with E-state index in [1.165, 1.54) is 0 Å². The van der Waals surface area contributed by atoms with Crippen molar-refractivity contribution in [2.24, 2.45) is 0 Å². The minimum atomic E-state index is -0.421. The maximum atomic E-state index is 11.9. The summed E-state index contributed by atoms with van der Waals surface area (Å²) in [6, 6.07) is 0.369. The first kappa shape index (κ1) is 12.8. The third-order valence-corrected chi connectivity index (χ3v) is 4.01. The Morgan fingerprint density at radius 2 is 2.33 bits per heavy atom. The molecular weight excluding hydrogens is 210 g/mol. The predicted molar refractivity (Wildman–Crippen MR) is 64.2 cm³/mol. The summed E-state index contributed by atoms with van der Waals surface area (Å²) in [7, 11) is 0. The lowest BCUT2D eigenvalue weighted by Crippen LogP contribution is -2.56. The summed E-state index contributed by atoms with van der Waals surface area (Å²) in [6.45, 7) is 6.56. The van der Waals surface area contributed by atoms with E-state index in [-0.39, 0.29) is 5.97 Å². The minimum absolute atomic E-state index is 0.0738. The molecule has 1 aliphatic rings. The zero-order valence-electron chi connectivity index (χ0n) is 9.84. The van der Waals surface area contributed by atoms with E-state index in [9.17, 15) is 4.79 Å². The molecule has 1 fully saturated rings. The van der Waals surface area contributed by atoms with Gasteiger partial charge >= 0.3 is 5.97 Å². The maximum absolute atomic E-state index is 11.9. The van der Waals surface area contributed by atoms with Crippen molar-refractivity contribution < 1.29 is 9.53 Å². The van der Waals surface area contributed by atoms with Gasteiger partial charge in [0.2, 0.25) is 0 Å². The largest absolute Gasteiger partial charge is 0.465 e. The van der Waals surface area contributed by atoms with Crippen LogP contribution in [0.1, 0.15) is 33.6 Å². The molecule has 15 heavy (non-hydrogen) atoms. The number of hydrogen-bond donors (Lipinski definition) is 1. The van der Waals surface area contributed by atoms with E-state index < -0.39 is 5.54 Å². The molecule has 0 aliphatic carbocycles. The molecule has 1 saturated heterocycles. The highest BCUT2D eigenvalue weighted by Crippen LogP contribution is 2.30. The second-order valence-electron chi connectivity index (χ2n) is 4.06. The number of hydrogen-bond acceptors (Lipinski definition) is 4. The average molecular weight is 231 g/mol. The summed E-state index contributed by atoms with van der Waals surface area (Å²) >= 11 is 1.82. The van der Waals surface area contributed by atoms with Crippen LogP contribution < -0.4 is 5.32 Å². The van der Waals surface area contributed by atoms with Crippen LogP contribution in [0.5, 0.6) is 0 Å². The molecular formula is C11H21NO2S. The molecule has 88 valence electrons. The van der Waals surface area contributed by atoms with Gasteiger partial charge in [-0.1, -0.05) is 6.92 Å². The topological polar surface area (TPSA) is 38.3 Å². The lowest BCUT2D eigenvalue weighted by molar-refractivity contribution is -0.150. The van der Waals surface area contributed by atoms with Gasteiger partial charge in [-0.15, -0.1) is 0 Å². The van der Waals surface area contributed by atoms with E-state index in [1.54, 1.807) is 0 Å². The number of esters is 1. The standard InChI is InChI=1S/C11H21NO2S/c1-4-9(3)12-11(6-7-15-8-11)10(13)14-5-2/h9,12H,4-8H2,1-3H3. The van der Waals surface area contributed by atoms with Crippen molar-refractivity contribution in [3.05, 3.63) is 0 Å². The first-order chi connectivity index (χ1) is 7.14. The molecule has 4 heteroatoms. The summed E-state index contributed by atoms with van der Waals surface area (Å²) in [4.78, 5) is 11.9. The van der Waals surface area contributed by atoms with Gasteiger partial charge in [-0.05, 0) is 32.4 Å². The van der Waals surface area contributed by atoms with Gasteiger partial charge in [-0.2, -0.15) is 11.8 Å². The van der Waals surface area contributed by atoms with Gasteiger partial charge in [0.25, 0.3) is 0 Å². The van der Waals surface area contributed by atoms with Crippen molar-refractivity contribution in [1.82, 2.24) is 5.32 Å². The maximum Gasteiger partial charge on any atom is 0.327 e. The van der Waals surface area contributed by atoms with E-state index in [1.807, 2.05) is 18.7 Å². The highest BCUT2D eigenvalue weighted by molar-refractivity contribution is 7.99. The van der Waals surface area contributed by atoms with Crippen LogP contribution in [0.25, 0.3) is 0 Å². The van der Waals surface area contributed by atoms with Crippen molar-refractivity contribution in [2.45, 2.75) is 45.2 Å². The third kappa shape index (κ3) is 3.11. The Bertz CT molecular complexity index is 215. The van der Waals surface area contributed by atoms with Crippen LogP contribution in [-0.2, 0) is 9.53 Å². The lowest BCUT2D eigenvalue weighted by atomic mass is 9.97. The van der Waals surface area contributed by atoms with E-state index >= 15 is 0 Å². The minimum Gasteiger partial charge on any atom is -0.465 e. The molecule has 0 aromatic heterocycles. The second kappa shape index (κ2) is 5.75. The first-order valence-corrected chi connectivity index (χ1v) is 6.82. The molecule has 1 aliphatic heterocycles. The quantitative estimate of drug-likeness (QED) is 0.732. The van der Waals surface area contributed by atoms with Crippen LogP contribution in [-0.4, -0.2) is 35.7 Å². The SMILES string of the molecule is CCOC(=O)C1(NC(C)CC)CCSC1. The Balaban J connectivity index is 2.65. The highest BCUT2D eigenvalue weighted by Gasteiger charge is 2.43. The molecule has 3 nitrogen and oxygen atoms in total. The molecule has 0 amide bonds. The fourth-order valence-electron chi connectivity index (χ4n) is 1.74. The molecule has 2 atom stereocenters. The summed E-state index contributed by atoms with van der Waals surface area (Å²) in [5, 5.41) is 3.43. The monoisotopic (exact) mass is 231 g/mol. The van der Waals surface area contributed by atoms with Gasteiger partial charge in [-0.25, -0.2) is 0 Å². The van der Waals surface area contributed by atoms with Crippen molar-refractivity contribution in [3.8, 4) is 0 Å². The number of carbonyl (C=O) groups is 1. The molecule has 0 aromatic rings. The molecule has 1 N–H and O–H groups in total. The summed E-state index contributed by atoms with van der Waals surface area (Å²) in [5.41, 5.74) is -0.421. The van der Waals surface area contributed by atoms with Crippen molar-refractivity contribution in [2.75, 3.05) is 18.1 Å². The summed E-state index contributed by atoms with van der Waals surface area (Å²) < 4.78 is 5.16. The summed E-state index contributed by atoms with van der Waals surface area (Å²) in [5.74, 6) is 1.81. The number of carbonyl (C=O) groups excluding carboxylic acids is 1. The van der Waals surface area contributed by atoms with E-state index in [4.69, 9.17) is 4.74 Å². The van der Waals surface area contributed by atoms with Crippen LogP contribution >= 0.6 is 11.8 Å². The van der Waals surface area contributed by atoms with Crippen LogP contribution in [0.3, 0.4) is 0 Å². The molecule has 0 spiro atoms. The predicted octanol–water partition coefficient (Wildman–Crippen LogP) is 1.81. The van der Waals surface area contributed by atoms with Gasteiger partial charge in [0, 0.05) is 11.8 Å². The fraction of sp³-hybridized carbons (Fsp3) is 0.909. The highest BCUT2D eigenvalue weighted by atomic mass is 32.2. The smallest absolute Gasteiger partial charge is 0.327 e. The van der Waals surface area contributed by atoms with Crippen LogP contribution in [0.2, 0.25) is 0 Å². The van der Waals surface area contributed by atoms with Crippen molar-refractivity contribution in [3.63, 3.8) is 0 Å². The van der Waals surface area contributed by atoms with Gasteiger partial charge in [0.1, 0.15) is 5.54 Å². The molecule has 0 aromatic carbocycles. The number of nitrogens with one attached hydrogen (secondary N) is 1. The molecule has 2 unspecified atom stereocenters. The Morgan fingerprint density at radius 1 is 1.60 bits per heavy atom. The Morgan fingerprint density at radius 3 is 2.80 bits per heavy atom. The van der Waals surface area contributed by atoms with Crippen LogP contribution in [0.15, 0.2) is 0 Å². The van der Waals surface area contributed by atoms with Gasteiger partial charge < -0.3 is 4.74 Å². The molecule has 0 saturated carbocycles. The number of thioether (sulfide) groups is 1. The second-order valence-corrected chi connectivity index (χ2v) is 5.16. The van der Waals surface area contributed by atoms with Crippen LogP contribution in [0, 0.1) is 0 Å². The first-order valence-electron chi connectivity index (χ1n) is 5.67. The third-order valence-electron chi connectivity index (χ3n) is 2.82. The fourth-order valence-corrected chi connectivity index (χ4v) is 3.07.